The van der Waals surface area contributed by atoms with E-state index in [2.05, 4.69) is 19.2 Å². The number of rotatable bonds is 6. The predicted molar refractivity (Wildman–Crippen MR) is 87.3 cm³/mol. The normalized spacial score (nSPS) is 22.2. The molecule has 21 heavy (non-hydrogen) atoms. The molecule has 1 heterocycles. The largest absolute Gasteiger partial charge is 0.397 e. The molecule has 1 aromatic heterocycles. The molecule has 2 rings (SSSR count). The van der Waals surface area contributed by atoms with Crippen molar-refractivity contribution in [3.05, 3.63) is 18.0 Å². The first-order valence-corrected chi connectivity index (χ1v) is 8.40. The lowest BCUT2D eigenvalue weighted by molar-refractivity contribution is 0.0911. The van der Waals surface area contributed by atoms with Crippen LogP contribution in [-0.2, 0) is 6.54 Å². The Balaban J connectivity index is 1.90. The van der Waals surface area contributed by atoms with Gasteiger partial charge in [0.05, 0.1) is 5.69 Å². The molecule has 1 fully saturated rings. The molecule has 1 aliphatic carbocycles. The summed E-state index contributed by atoms with van der Waals surface area (Å²) >= 11 is 0. The highest BCUT2D eigenvalue weighted by Gasteiger charge is 2.23. The third-order valence-electron chi connectivity index (χ3n) is 4.49. The van der Waals surface area contributed by atoms with Crippen molar-refractivity contribution in [2.24, 2.45) is 5.92 Å². The predicted octanol–water partition coefficient (Wildman–Crippen LogP) is 3.57. The molecule has 1 amide bonds. The van der Waals surface area contributed by atoms with Gasteiger partial charge in [-0.05, 0) is 44.1 Å². The van der Waals surface area contributed by atoms with Gasteiger partial charge in [-0.1, -0.05) is 26.7 Å². The van der Waals surface area contributed by atoms with Gasteiger partial charge in [-0.3, -0.25) is 4.79 Å². The van der Waals surface area contributed by atoms with Crippen molar-refractivity contribution in [1.82, 2.24) is 9.88 Å². The summed E-state index contributed by atoms with van der Waals surface area (Å²) < 4.78 is 1.97. The van der Waals surface area contributed by atoms with E-state index in [1.54, 1.807) is 6.07 Å². The molecule has 4 nitrogen and oxygen atoms in total. The highest BCUT2D eigenvalue weighted by molar-refractivity contribution is 5.94. The van der Waals surface area contributed by atoms with Gasteiger partial charge in [0.2, 0.25) is 0 Å². The van der Waals surface area contributed by atoms with Crippen molar-refractivity contribution in [3.63, 3.8) is 0 Å². The molecule has 1 saturated carbocycles. The summed E-state index contributed by atoms with van der Waals surface area (Å²) in [5, 5.41) is 3.19. The minimum absolute atomic E-state index is 0.0269. The summed E-state index contributed by atoms with van der Waals surface area (Å²) in [6.45, 7) is 5.19. The summed E-state index contributed by atoms with van der Waals surface area (Å²) in [5.41, 5.74) is 7.20. The van der Waals surface area contributed by atoms with Crippen LogP contribution in [0.15, 0.2) is 12.3 Å². The number of carbonyl (C=O) groups excluding carboxylic acids is 1. The Labute approximate surface area is 128 Å². The fourth-order valence-corrected chi connectivity index (χ4v) is 3.41. The number of hydrogen-bond acceptors (Lipinski definition) is 2. The Morgan fingerprint density at radius 2 is 2.00 bits per heavy atom. The van der Waals surface area contributed by atoms with E-state index < -0.39 is 0 Å². The zero-order valence-corrected chi connectivity index (χ0v) is 13.4. The van der Waals surface area contributed by atoms with Gasteiger partial charge >= 0.3 is 0 Å². The molecular formula is C17H29N3O. The number of amides is 1. The van der Waals surface area contributed by atoms with E-state index in [-0.39, 0.29) is 5.91 Å². The average molecular weight is 291 g/mol. The minimum atomic E-state index is 0.0269. The summed E-state index contributed by atoms with van der Waals surface area (Å²) in [7, 11) is 0. The number of nitrogens with two attached hydrogens (primary N) is 1. The molecule has 0 unspecified atom stereocenters. The van der Waals surface area contributed by atoms with E-state index in [1.807, 2.05) is 10.8 Å². The van der Waals surface area contributed by atoms with Crippen molar-refractivity contribution in [2.45, 2.75) is 71.4 Å². The Morgan fingerprint density at radius 1 is 1.29 bits per heavy atom. The summed E-state index contributed by atoms with van der Waals surface area (Å²) in [6, 6.07) is 2.12. The van der Waals surface area contributed by atoms with Gasteiger partial charge in [0.1, 0.15) is 5.69 Å². The SMILES string of the molecule is CCCC1CCC(NC(=O)c2cc(N)cn2CCC)CC1. The quantitative estimate of drug-likeness (QED) is 0.841. The van der Waals surface area contributed by atoms with Crippen LogP contribution in [0.4, 0.5) is 5.69 Å². The second-order valence-corrected chi connectivity index (χ2v) is 6.33. The van der Waals surface area contributed by atoms with Crippen molar-refractivity contribution in [1.29, 1.82) is 0 Å². The zero-order chi connectivity index (χ0) is 15.2. The highest BCUT2D eigenvalue weighted by Crippen LogP contribution is 2.28. The lowest BCUT2D eigenvalue weighted by Gasteiger charge is -2.29. The number of hydrogen-bond donors (Lipinski definition) is 2. The summed E-state index contributed by atoms with van der Waals surface area (Å²) in [5.74, 6) is 0.891. The number of nitrogens with one attached hydrogen (secondary N) is 1. The average Bonchev–Trinajstić information content (AvgIpc) is 2.83. The van der Waals surface area contributed by atoms with Crippen molar-refractivity contribution in [2.75, 3.05) is 5.73 Å². The van der Waals surface area contributed by atoms with Crippen LogP contribution < -0.4 is 11.1 Å². The Hall–Kier alpha value is -1.45. The van der Waals surface area contributed by atoms with Gasteiger partial charge in [0.25, 0.3) is 5.91 Å². The van der Waals surface area contributed by atoms with Gasteiger partial charge in [-0.2, -0.15) is 0 Å². The first-order valence-electron chi connectivity index (χ1n) is 8.40. The Morgan fingerprint density at radius 3 is 2.62 bits per heavy atom. The third kappa shape index (κ3) is 4.26. The molecule has 118 valence electrons. The van der Waals surface area contributed by atoms with Gasteiger partial charge in [-0.15, -0.1) is 0 Å². The van der Waals surface area contributed by atoms with Crippen molar-refractivity contribution < 1.29 is 4.79 Å². The summed E-state index contributed by atoms with van der Waals surface area (Å²) in [4.78, 5) is 12.4. The molecule has 1 aliphatic rings. The fourth-order valence-electron chi connectivity index (χ4n) is 3.41. The molecular weight excluding hydrogens is 262 g/mol. The van der Waals surface area contributed by atoms with E-state index in [9.17, 15) is 4.79 Å². The lowest BCUT2D eigenvalue weighted by Crippen LogP contribution is -2.38. The second-order valence-electron chi connectivity index (χ2n) is 6.33. The smallest absolute Gasteiger partial charge is 0.268 e. The third-order valence-corrected chi connectivity index (χ3v) is 4.49. The number of anilines is 1. The van der Waals surface area contributed by atoms with Gasteiger partial charge in [0.15, 0.2) is 0 Å². The second kappa shape index (κ2) is 7.53. The number of aromatic nitrogens is 1. The van der Waals surface area contributed by atoms with Crippen molar-refractivity contribution >= 4 is 11.6 Å². The molecule has 0 radical (unpaired) electrons. The minimum Gasteiger partial charge on any atom is -0.397 e. The molecule has 1 aromatic rings. The zero-order valence-electron chi connectivity index (χ0n) is 13.4. The lowest BCUT2D eigenvalue weighted by atomic mass is 9.83. The molecule has 4 heteroatoms. The number of aryl methyl sites for hydroxylation is 1. The van der Waals surface area contributed by atoms with Crippen LogP contribution in [0.5, 0.6) is 0 Å². The summed E-state index contributed by atoms with van der Waals surface area (Å²) in [6.07, 6.45) is 10.2. The molecule has 0 aliphatic heterocycles. The topological polar surface area (TPSA) is 60.1 Å². The maximum atomic E-state index is 12.4. The van der Waals surface area contributed by atoms with Crippen LogP contribution >= 0.6 is 0 Å². The van der Waals surface area contributed by atoms with Crippen molar-refractivity contribution in [3.8, 4) is 0 Å². The molecule has 0 spiro atoms. The van der Waals surface area contributed by atoms with Crippen LogP contribution in [-0.4, -0.2) is 16.5 Å². The number of nitrogen functional groups attached to an aromatic ring is 1. The van der Waals surface area contributed by atoms with Crippen LogP contribution in [0.25, 0.3) is 0 Å². The Bertz CT molecular complexity index is 459. The van der Waals surface area contributed by atoms with Crippen LogP contribution in [0.3, 0.4) is 0 Å². The van der Waals surface area contributed by atoms with E-state index in [0.29, 0.717) is 17.4 Å². The molecule has 0 aromatic carbocycles. The van der Waals surface area contributed by atoms with Crippen LogP contribution in [0.1, 0.15) is 69.3 Å². The van der Waals surface area contributed by atoms with E-state index in [0.717, 1.165) is 31.7 Å². The molecule has 0 atom stereocenters. The van der Waals surface area contributed by atoms with E-state index >= 15 is 0 Å². The standard InChI is InChI=1S/C17H29N3O/c1-3-5-13-6-8-15(9-7-13)19-17(21)16-11-14(18)12-20(16)10-4-2/h11-13,15H,3-10,18H2,1-2H3,(H,19,21). The monoisotopic (exact) mass is 291 g/mol. The van der Waals surface area contributed by atoms with Gasteiger partial charge in [0, 0.05) is 18.8 Å². The molecule has 3 N–H and O–H groups in total. The number of carbonyl (C=O) groups is 1. The maximum absolute atomic E-state index is 12.4. The molecule has 0 bridgehead atoms. The highest BCUT2D eigenvalue weighted by atomic mass is 16.2. The molecule has 0 saturated heterocycles. The van der Waals surface area contributed by atoms with Crippen LogP contribution in [0, 0.1) is 5.92 Å². The first-order chi connectivity index (χ1) is 10.1. The van der Waals surface area contributed by atoms with Crippen LogP contribution in [0.2, 0.25) is 0 Å². The van der Waals surface area contributed by atoms with Gasteiger partial charge in [-0.25, -0.2) is 0 Å². The van der Waals surface area contributed by atoms with E-state index in [1.165, 1.54) is 25.7 Å². The first kappa shape index (κ1) is 15.9. The van der Waals surface area contributed by atoms with Gasteiger partial charge < -0.3 is 15.6 Å². The Kier molecular flexibility index (Phi) is 5.71. The number of nitrogens with zero attached hydrogens (tertiary/aromatic N) is 1. The van der Waals surface area contributed by atoms with E-state index in [4.69, 9.17) is 5.73 Å². The maximum Gasteiger partial charge on any atom is 0.268 e. The fraction of sp³-hybridized carbons (Fsp3) is 0.706.